The lowest BCUT2D eigenvalue weighted by Gasteiger charge is -2.36. The Hall–Kier alpha value is -2.63. The van der Waals surface area contributed by atoms with Gasteiger partial charge in [-0.2, -0.15) is 0 Å². The van der Waals surface area contributed by atoms with Crippen molar-refractivity contribution in [1.82, 2.24) is 0 Å². The molecule has 31 heavy (non-hydrogen) atoms. The van der Waals surface area contributed by atoms with Gasteiger partial charge in [0.05, 0.1) is 6.61 Å². The van der Waals surface area contributed by atoms with E-state index in [4.69, 9.17) is 9.47 Å². The van der Waals surface area contributed by atoms with E-state index in [-0.39, 0.29) is 6.10 Å². The Morgan fingerprint density at radius 2 is 1.06 bits per heavy atom. The van der Waals surface area contributed by atoms with Crippen molar-refractivity contribution in [3.63, 3.8) is 0 Å². The highest BCUT2D eigenvalue weighted by Crippen LogP contribution is 2.40. The van der Waals surface area contributed by atoms with Crippen LogP contribution in [0.2, 0.25) is 0 Å². The molecule has 1 atom stereocenters. The number of halogens is 1. The van der Waals surface area contributed by atoms with Gasteiger partial charge in [0.15, 0.2) is 0 Å². The van der Waals surface area contributed by atoms with Crippen LogP contribution in [-0.4, -0.2) is 12.7 Å². The molecule has 0 aliphatic rings. The van der Waals surface area contributed by atoms with Crippen LogP contribution in [0.3, 0.4) is 0 Å². The maximum Gasteiger partial charge on any atom is 0.143 e. The third kappa shape index (κ3) is 5.00. The van der Waals surface area contributed by atoms with Crippen LogP contribution in [0.5, 0.6) is 5.75 Å². The van der Waals surface area contributed by atoms with Crippen molar-refractivity contribution >= 4 is 22.6 Å². The first-order valence-corrected chi connectivity index (χ1v) is 11.5. The molecule has 3 heteroatoms. The van der Waals surface area contributed by atoms with E-state index in [1.54, 1.807) is 0 Å². The maximum absolute atomic E-state index is 6.82. The SMILES string of the molecule is C[C@H](COC(c1ccccc1)(c1ccccc1)c1ccccc1)Oc1ccc(I)cc1. The van der Waals surface area contributed by atoms with Crippen molar-refractivity contribution in [2.45, 2.75) is 18.6 Å². The van der Waals surface area contributed by atoms with Crippen molar-refractivity contribution in [3.05, 3.63) is 136 Å². The maximum atomic E-state index is 6.82. The van der Waals surface area contributed by atoms with Crippen LogP contribution in [-0.2, 0) is 10.3 Å². The first kappa shape index (κ1) is 21.6. The molecule has 0 unspecified atom stereocenters. The molecule has 156 valence electrons. The lowest BCUT2D eigenvalue weighted by atomic mass is 9.80. The number of rotatable bonds is 8. The van der Waals surface area contributed by atoms with Crippen LogP contribution in [0.1, 0.15) is 23.6 Å². The first-order chi connectivity index (χ1) is 15.2. The van der Waals surface area contributed by atoms with Crippen LogP contribution in [0, 0.1) is 3.57 Å². The molecule has 0 amide bonds. The summed E-state index contributed by atoms with van der Waals surface area (Å²) in [6.07, 6.45) is -0.115. The molecule has 0 saturated heterocycles. The normalized spacial score (nSPS) is 12.3. The average Bonchev–Trinajstić information content (AvgIpc) is 2.83. The third-order valence-corrected chi connectivity index (χ3v) is 5.95. The molecule has 0 bridgehead atoms. The molecule has 4 aromatic rings. The molecule has 0 radical (unpaired) electrons. The fourth-order valence-corrected chi connectivity index (χ4v) is 4.15. The summed E-state index contributed by atoms with van der Waals surface area (Å²) in [5, 5.41) is 0. The van der Waals surface area contributed by atoms with E-state index < -0.39 is 5.60 Å². The minimum atomic E-state index is -0.729. The zero-order valence-corrected chi connectivity index (χ0v) is 19.6. The van der Waals surface area contributed by atoms with Gasteiger partial charge in [-0.1, -0.05) is 91.0 Å². The van der Waals surface area contributed by atoms with Crippen molar-refractivity contribution in [3.8, 4) is 5.75 Å². The fraction of sp³-hybridized carbons (Fsp3) is 0.143. The highest BCUT2D eigenvalue weighted by Gasteiger charge is 2.37. The van der Waals surface area contributed by atoms with Gasteiger partial charge in [-0.3, -0.25) is 0 Å². The second-order valence-electron chi connectivity index (χ2n) is 7.47. The molecular weight excluding hydrogens is 495 g/mol. The smallest absolute Gasteiger partial charge is 0.143 e. The Kier molecular flexibility index (Phi) is 7.05. The Bertz CT molecular complexity index is 968. The van der Waals surface area contributed by atoms with E-state index in [9.17, 15) is 0 Å². The van der Waals surface area contributed by atoms with E-state index >= 15 is 0 Å². The minimum absolute atomic E-state index is 0.115. The van der Waals surface area contributed by atoms with E-state index in [1.165, 1.54) is 3.57 Å². The number of ether oxygens (including phenoxy) is 2. The zero-order chi connectivity index (χ0) is 21.5. The lowest BCUT2D eigenvalue weighted by molar-refractivity contribution is -0.0256. The average molecular weight is 520 g/mol. The summed E-state index contributed by atoms with van der Waals surface area (Å²) < 4.78 is 14.1. The Balaban J connectivity index is 1.70. The highest BCUT2D eigenvalue weighted by molar-refractivity contribution is 14.1. The third-order valence-electron chi connectivity index (χ3n) is 5.23. The predicted octanol–water partition coefficient (Wildman–Crippen LogP) is 7.07. The van der Waals surface area contributed by atoms with Crippen molar-refractivity contribution in [2.24, 2.45) is 0 Å². The topological polar surface area (TPSA) is 18.5 Å². The highest BCUT2D eigenvalue weighted by atomic mass is 127. The van der Waals surface area contributed by atoms with Gasteiger partial charge in [0.1, 0.15) is 17.5 Å². The summed E-state index contributed by atoms with van der Waals surface area (Å²) >= 11 is 2.30. The molecule has 4 rings (SSSR count). The second-order valence-corrected chi connectivity index (χ2v) is 8.72. The Labute approximate surface area is 198 Å². The second kappa shape index (κ2) is 10.1. The van der Waals surface area contributed by atoms with Crippen molar-refractivity contribution < 1.29 is 9.47 Å². The molecule has 0 N–H and O–H groups in total. The quantitative estimate of drug-likeness (QED) is 0.183. The van der Waals surface area contributed by atoms with Gasteiger partial charge >= 0.3 is 0 Å². The monoisotopic (exact) mass is 520 g/mol. The van der Waals surface area contributed by atoms with Gasteiger partial charge in [-0.25, -0.2) is 0 Å². The summed E-state index contributed by atoms with van der Waals surface area (Å²) in [6.45, 7) is 2.48. The van der Waals surface area contributed by atoms with Gasteiger partial charge in [0, 0.05) is 3.57 Å². The van der Waals surface area contributed by atoms with Crippen LogP contribution < -0.4 is 4.74 Å². The van der Waals surface area contributed by atoms with Gasteiger partial charge in [-0.05, 0) is 70.5 Å². The largest absolute Gasteiger partial charge is 0.488 e. The van der Waals surface area contributed by atoms with Gasteiger partial charge in [-0.15, -0.1) is 0 Å². The molecule has 0 aliphatic carbocycles. The van der Waals surface area contributed by atoms with Crippen LogP contribution >= 0.6 is 22.6 Å². The summed E-state index contributed by atoms with van der Waals surface area (Å²) in [5.41, 5.74) is 2.55. The van der Waals surface area contributed by atoms with Crippen molar-refractivity contribution in [2.75, 3.05) is 6.61 Å². The first-order valence-electron chi connectivity index (χ1n) is 10.4. The summed E-state index contributed by atoms with van der Waals surface area (Å²) in [7, 11) is 0. The lowest BCUT2D eigenvalue weighted by Crippen LogP contribution is -2.36. The van der Waals surface area contributed by atoms with E-state index in [2.05, 4.69) is 95.4 Å². The molecule has 0 saturated carbocycles. The zero-order valence-electron chi connectivity index (χ0n) is 17.4. The molecule has 0 spiro atoms. The summed E-state index contributed by atoms with van der Waals surface area (Å²) in [4.78, 5) is 0. The van der Waals surface area contributed by atoms with E-state index in [0.29, 0.717) is 6.61 Å². The summed E-state index contributed by atoms with van der Waals surface area (Å²) in [5.74, 6) is 0.848. The molecule has 0 aromatic heterocycles. The standard InChI is InChI=1S/C28H25IO2/c1-22(31-27-19-17-26(29)18-20-27)21-30-28(23-11-5-2-6-12-23,24-13-7-3-8-14-24)25-15-9-4-10-16-25/h2-20,22H,21H2,1H3/t22-/m1/s1. The predicted molar refractivity (Wildman–Crippen MR) is 134 cm³/mol. The number of hydrogen-bond acceptors (Lipinski definition) is 2. The van der Waals surface area contributed by atoms with E-state index in [1.807, 2.05) is 49.4 Å². The molecule has 2 nitrogen and oxygen atoms in total. The van der Waals surface area contributed by atoms with Crippen LogP contribution in [0.15, 0.2) is 115 Å². The summed E-state index contributed by atoms with van der Waals surface area (Å²) in [6, 6.07) is 39.3. The van der Waals surface area contributed by atoms with Gasteiger partial charge in [0.2, 0.25) is 0 Å². The fourth-order valence-electron chi connectivity index (χ4n) is 3.79. The number of hydrogen-bond donors (Lipinski definition) is 0. The van der Waals surface area contributed by atoms with Gasteiger partial charge < -0.3 is 9.47 Å². The van der Waals surface area contributed by atoms with Crippen LogP contribution in [0.4, 0.5) is 0 Å². The van der Waals surface area contributed by atoms with Crippen molar-refractivity contribution in [1.29, 1.82) is 0 Å². The number of benzene rings is 4. The molecule has 0 aliphatic heterocycles. The van der Waals surface area contributed by atoms with E-state index in [0.717, 1.165) is 22.4 Å². The molecule has 0 fully saturated rings. The molecular formula is C28H25IO2. The molecule has 4 aromatic carbocycles. The molecule has 0 heterocycles. The minimum Gasteiger partial charge on any atom is -0.488 e. The van der Waals surface area contributed by atoms with Gasteiger partial charge in [0.25, 0.3) is 0 Å². The Morgan fingerprint density at radius 1 is 0.645 bits per heavy atom. The Morgan fingerprint density at radius 3 is 1.48 bits per heavy atom. The van der Waals surface area contributed by atoms with Crippen LogP contribution in [0.25, 0.3) is 0 Å².